The summed E-state index contributed by atoms with van der Waals surface area (Å²) in [5, 5.41) is 4.27. The number of nitrogens with zero attached hydrogens (tertiary/aromatic N) is 5. The van der Waals surface area contributed by atoms with Gasteiger partial charge in [-0.2, -0.15) is 5.10 Å². The van der Waals surface area contributed by atoms with Crippen LogP contribution < -0.4 is 4.90 Å². The van der Waals surface area contributed by atoms with Crippen molar-refractivity contribution in [3.05, 3.63) is 11.8 Å². The molecule has 0 spiro atoms. The molecule has 4 heterocycles. The molecule has 0 radical (unpaired) electrons. The Morgan fingerprint density at radius 2 is 2.00 bits per heavy atom. The Bertz CT molecular complexity index is 757. The molecule has 4 amide bonds. The van der Waals surface area contributed by atoms with E-state index < -0.39 is 11.6 Å². The molecule has 3 aliphatic rings. The fourth-order valence-electron chi connectivity index (χ4n) is 4.22. The molecule has 3 aliphatic heterocycles. The number of aryl methyl sites for hydroxylation is 2. The average molecular weight is 331 g/mol. The number of carbonyl (C=O) groups is 3. The molecule has 0 aromatic carbocycles. The van der Waals surface area contributed by atoms with Gasteiger partial charge in [0.2, 0.25) is 0 Å². The van der Waals surface area contributed by atoms with Crippen molar-refractivity contribution in [3.63, 3.8) is 0 Å². The van der Waals surface area contributed by atoms with Crippen LogP contribution in [-0.4, -0.2) is 62.1 Å². The van der Waals surface area contributed by atoms with Crippen molar-refractivity contribution in [1.82, 2.24) is 19.6 Å². The number of urea groups is 1. The van der Waals surface area contributed by atoms with E-state index in [9.17, 15) is 14.4 Å². The quantitative estimate of drug-likeness (QED) is 0.746. The lowest BCUT2D eigenvalue weighted by molar-refractivity contribution is -0.136. The number of carbonyl (C=O) groups excluding carboxylic acids is 3. The van der Waals surface area contributed by atoms with Crippen molar-refractivity contribution in [1.29, 1.82) is 0 Å². The molecule has 24 heavy (non-hydrogen) atoms. The maximum atomic E-state index is 12.9. The topological polar surface area (TPSA) is 78.8 Å². The molecule has 3 saturated heterocycles. The second kappa shape index (κ2) is 4.81. The van der Waals surface area contributed by atoms with Crippen molar-refractivity contribution in [3.8, 4) is 0 Å². The second-order valence-electron chi connectivity index (χ2n) is 7.05. The fraction of sp³-hybridized carbons (Fsp3) is 0.625. The molecule has 8 heteroatoms. The van der Waals surface area contributed by atoms with Crippen LogP contribution in [0.15, 0.2) is 6.07 Å². The van der Waals surface area contributed by atoms with Crippen LogP contribution in [0.1, 0.15) is 31.9 Å². The second-order valence-corrected chi connectivity index (χ2v) is 7.05. The Hall–Kier alpha value is -2.38. The smallest absolute Gasteiger partial charge is 0.310 e. The maximum Gasteiger partial charge on any atom is 0.328 e. The zero-order chi connectivity index (χ0) is 17.2. The van der Waals surface area contributed by atoms with E-state index in [0.29, 0.717) is 31.7 Å². The van der Waals surface area contributed by atoms with Crippen LogP contribution >= 0.6 is 0 Å². The molecule has 8 nitrogen and oxygen atoms in total. The van der Waals surface area contributed by atoms with Gasteiger partial charge in [0.25, 0.3) is 11.8 Å². The molecule has 0 N–H and O–H groups in total. The highest BCUT2D eigenvalue weighted by atomic mass is 16.2. The minimum Gasteiger partial charge on any atom is -0.310 e. The number of aromatic nitrogens is 2. The lowest BCUT2D eigenvalue weighted by atomic mass is 9.99. The van der Waals surface area contributed by atoms with Crippen molar-refractivity contribution in [2.24, 2.45) is 7.05 Å². The van der Waals surface area contributed by atoms with Gasteiger partial charge in [0.05, 0.1) is 5.69 Å². The summed E-state index contributed by atoms with van der Waals surface area (Å²) in [6.45, 7) is 4.74. The highest BCUT2D eigenvalue weighted by molar-refractivity contribution is 6.12. The number of amides is 4. The van der Waals surface area contributed by atoms with Crippen molar-refractivity contribution in [2.45, 2.75) is 44.7 Å². The van der Waals surface area contributed by atoms with Crippen LogP contribution in [0, 0.1) is 6.92 Å². The Balaban J connectivity index is 1.63. The third-order valence-corrected chi connectivity index (χ3v) is 5.50. The summed E-state index contributed by atoms with van der Waals surface area (Å²) in [5.41, 5.74) is 0.0543. The predicted octanol–water partition coefficient (Wildman–Crippen LogP) is 0.651. The Morgan fingerprint density at radius 1 is 1.25 bits per heavy atom. The molecular weight excluding hydrogens is 310 g/mol. The van der Waals surface area contributed by atoms with Crippen LogP contribution in [0.4, 0.5) is 10.6 Å². The van der Waals surface area contributed by atoms with E-state index in [4.69, 9.17) is 0 Å². The molecular formula is C16H21N5O3. The van der Waals surface area contributed by atoms with Crippen LogP contribution in [0.5, 0.6) is 0 Å². The zero-order valence-corrected chi connectivity index (χ0v) is 14.2. The monoisotopic (exact) mass is 331 g/mol. The van der Waals surface area contributed by atoms with E-state index in [1.807, 2.05) is 19.9 Å². The van der Waals surface area contributed by atoms with Gasteiger partial charge < -0.3 is 4.90 Å². The maximum absolute atomic E-state index is 12.9. The standard InChI is InChI=1S/C16H21N5O3/c1-10-9-12(18(3)17-10)19-8-5-11(13(19)22)21-14(23)16(2)6-4-7-20(16)15(21)24/h9,11H,4-8H2,1-3H3/t11-,16-/m1/s1. The van der Waals surface area contributed by atoms with Gasteiger partial charge in [-0.15, -0.1) is 0 Å². The first kappa shape index (κ1) is 15.2. The summed E-state index contributed by atoms with van der Waals surface area (Å²) in [5.74, 6) is 0.265. The van der Waals surface area contributed by atoms with Gasteiger partial charge in [-0.05, 0) is 33.1 Å². The minimum atomic E-state index is -0.770. The zero-order valence-electron chi connectivity index (χ0n) is 14.2. The summed E-state index contributed by atoms with van der Waals surface area (Å²) < 4.78 is 1.66. The van der Waals surface area contributed by atoms with E-state index in [1.165, 1.54) is 4.90 Å². The number of rotatable bonds is 2. The Kier molecular flexibility index (Phi) is 3.04. The Labute approximate surface area is 140 Å². The number of anilines is 1. The van der Waals surface area contributed by atoms with Crippen molar-refractivity contribution in [2.75, 3.05) is 18.0 Å². The van der Waals surface area contributed by atoms with Crippen LogP contribution in [0.25, 0.3) is 0 Å². The van der Waals surface area contributed by atoms with Gasteiger partial charge in [-0.3, -0.25) is 19.2 Å². The van der Waals surface area contributed by atoms with Gasteiger partial charge >= 0.3 is 6.03 Å². The molecule has 0 bridgehead atoms. The van der Waals surface area contributed by atoms with Gasteiger partial charge in [-0.25, -0.2) is 9.69 Å². The third-order valence-electron chi connectivity index (χ3n) is 5.50. The molecule has 1 aromatic rings. The number of fused-ring (bicyclic) bond motifs is 1. The average Bonchev–Trinajstić information content (AvgIpc) is 3.21. The summed E-state index contributed by atoms with van der Waals surface area (Å²) in [6.07, 6.45) is 1.96. The molecule has 0 unspecified atom stereocenters. The SMILES string of the molecule is Cc1cc(N2CC[C@@H](N3C(=O)N4CCC[C@]4(C)C3=O)C2=O)n(C)n1. The van der Waals surface area contributed by atoms with E-state index in [2.05, 4.69) is 5.10 Å². The molecule has 4 rings (SSSR count). The largest absolute Gasteiger partial charge is 0.328 e. The summed E-state index contributed by atoms with van der Waals surface area (Å²) in [6, 6.07) is 0.817. The fourth-order valence-corrected chi connectivity index (χ4v) is 4.22. The van der Waals surface area contributed by atoms with E-state index in [0.717, 1.165) is 12.1 Å². The van der Waals surface area contributed by atoms with Gasteiger partial charge in [0.15, 0.2) is 0 Å². The summed E-state index contributed by atoms with van der Waals surface area (Å²) in [7, 11) is 1.78. The molecule has 0 saturated carbocycles. The third kappa shape index (κ3) is 1.79. The molecule has 1 aromatic heterocycles. The van der Waals surface area contributed by atoms with Crippen molar-refractivity contribution < 1.29 is 14.4 Å². The summed E-state index contributed by atoms with van der Waals surface area (Å²) in [4.78, 5) is 42.9. The molecule has 128 valence electrons. The first-order valence-electron chi connectivity index (χ1n) is 8.32. The first-order valence-corrected chi connectivity index (χ1v) is 8.32. The Morgan fingerprint density at radius 3 is 2.62 bits per heavy atom. The molecule has 2 atom stereocenters. The van der Waals surface area contributed by atoms with Crippen LogP contribution in [0.2, 0.25) is 0 Å². The number of hydrogen-bond donors (Lipinski definition) is 0. The lowest BCUT2D eigenvalue weighted by Gasteiger charge is -2.23. The minimum absolute atomic E-state index is 0.204. The molecule has 3 fully saturated rings. The number of imide groups is 1. The molecule has 0 aliphatic carbocycles. The van der Waals surface area contributed by atoms with Gasteiger partial charge in [0.1, 0.15) is 17.4 Å². The van der Waals surface area contributed by atoms with Gasteiger partial charge in [0, 0.05) is 26.2 Å². The van der Waals surface area contributed by atoms with E-state index in [1.54, 1.807) is 21.5 Å². The van der Waals surface area contributed by atoms with E-state index in [-0.39, 0.29) is 17.8 Å². The van der Waals surface area contributed by atoms with Crippen LogP contribution in [-0.2, 0) is 16.6 Å². The number of hydrogen-bond acceptors (Lipinski definition) is 4. The normalized spacial score (nSPS) is 30.0. The lowest BCUT2D eigenvalue weighted by Crippen LogP contribution is -2.47. The predicted molar refractivity (Wildman–Crippen MR) is 85.3 cm³/mol. The van der Waals surface area contributed by atoms with Crippen molar-refractivity contribution >= 4 is 23.7 Å². The van der Waals surface area contributed by atoms with Gasteiger partial charge in [-0.1, -0.05) is 0 Å². The highest BCUT2D eigenvalue weighted by Crippen LogP contribution is 2.39. The van der Waals surface area contributed by atoms with E-state index >= 15 is 0 Å². The highest BCUT2D eigenvalue weighted by Gasteiger charge is 2.60. The van der Waals surface area contributed by atoms with Crippen LogP contribution in [0.3, 0.4) is 0 Å². The summed E-state index contributed by atoms with van der Waals surface area (Å²) >= 11 is 0. The first-order chi connectivity index (χ1) is 11.3.